The number of hydrogen-bond acceptors (Lipinski definition) is 6. The van der Waals surface area contributed by atoms with Gasteiger partial charge < -0.3 is 24.6 Å². The Balaban J connectivity index is 1.84. The Bertz CT molecular complexity index is 1260. The summed E-state index contributed by atoms with van der Waals surface area (Å²) in [6.07, 6.45) is 0.0740. The largest absolute Gasteiger partial charge is 0.497 e. The standard InChI is InChI=1S/C26H23BrN2O6/c1-33-18-8-9-20(27)19(13-18)25(30)29-21(26(31)32)10-15-4-6-17(7-5-15)24-22(34-2)11-16(14-28)12-23(24)35-3/h4-9,11-13,21H,10H2,1-3H3,(H,29,30)(H,31,32)/t21-/m0/s1. The summed E-state index contributed by atoms with van der Waals surface area (Å²) in [7, 11) is 4.50. The minimum absolute atomic E-state index is 0.0740. The zero-order valence-electron chi connectivity index (χ0n) is 19.3. The van der Waals surface area contributed by atoms with Crippen molar-refractivity contribution in [2.75, 3.05) is 21.3 Å². The van der Waals surface area contributed by atoms with Crippen molar-refractivity contribution >= 4 is 27.8 Å². The van der Waals surface area contributed by atoms with Crippen LogP contribution in [0.15, 0.2) is 59.1 Å². The second-order valence-electron chi connectivity index (χ2n) is 7.48. The summed E-state index contributed by atoms with van der Waals surface area (Å²) in [5, 5.41) is 21.5. The van der Waals surface area contributed by atoms with Gasteiger partial charge >= 0.3 is 5.97 Å². The summed E-state index contributed by atoms with van der Waals surface area (Å²) in [6.45, 7) is 0. The van der Waals surface area contributed by atoms with Gasteiger partial charge in [0.1, 0.15) is 23.3 Å². The Morgan fingerprint density at radius 3 is 2.14 bits per heavy atom. The normalized spacial score (nSPS) is 11.2. The molecule has 0 aliphatic heterocycles. The third-order valence-electron chi connectivity index (χ3n) is 5.34. The van der Waals surface area contributed by atoms with Crippen molar-refractivity contribution in [3.63, 3.8) is 0 Å². The molecule has 0 heterocycles. The number of carboxylic acid groups (broad SMARTS) is 1. The van der Waals surface area contributed by atoms with E-state index in [1.54, 1.807) is 48.5 Å². The number of carbonyl (C=O) groups excluding carboxylic acids is 1. The van der Waals surface area contributed by atoms with Crippen molar-refractivity contribution in [3.05, 3.63) is 75.8 Å². The van der Waals surface area contributed by atoms with E-state index in [9.17, 15) is 20.0 Å². The fourth-order valence-corrected chi connectivity index (χ4v) is 3.97. The number of ether oxygens (including phenoxy) is 3. The molecular weight excluding hydrogens is 516 g/mol. The van der Waals surface area contributed by atoms with E-state index in [0.29, 0.717) is 38.4 Å². The van der Waals surface area contributed by atoms with Crippen LogP contribution < -0.4 is 19.5 Å². The summed E-state index contributed by atoms with van der Waals surface area (Å²) < 4.78 is 16.6. The van der Waals surface area contributed by atoms with Crippen molar-refractivity contribution in [1.29, 1.82) is 5.26 Å². The molecule has 180 valence electrons. The highest BCUT2D eigenvalue weighted by atomic mass is 79.9. The second kappa shape index (κ2) is 11.4. The fourth-order valence-electron chi connectivity index (χ4n) is 3.55. The second-order valence-corrected chi connectivity index (χ2v) is 8.33. The summed E-state index contributed by atoms with van der Waals surface area (Å²) in [6, 6.07) is 16.2. The molecule has 0 radical (unpaired) electrons. The first-order valence-electron chi connectivity index (χ1n) is 10.4. The lowest BCUT2D eigenvalue weighted by atomic mass is 9.98. The molecule has 0 aliphatic rings. The fraction of sp³-hybridized carbons (Fsp3) is 0.192. The van der Waals surface area contributed by atoms with E-state index in [0.717, 1.165) is 5.56 Å². The van der Waals surface area contributed by atoms with Crippen LogP contribution >= 0.6 is 15.9 Å². The van der Waals surface area contributed by atoms with Gasteiger partial charge in [0.05, 0.1) is 44.1 Å². The van der Waals surface area contributed by atoms with Crippen molar-refractivity contribution in [2.45, 2.75) is 12.5 Å². The Labute approximate surface area is 211 Å². The highest BCUT2D eigenvalue weighted by Gasteiger charge is 2.23. The van der Waals surface area contributed by atoms with Gasteiger partial charge in [0.2, 0.25) is 0 Å². The number of carboxylic acids is 1. The molecule has 0 aromatic heterocycles. The lowest BCUT2D eigenvalue weighted by molar-refractivity contribution is -0.139. The molecule has 35 heavy (non-hydrogen) atoms. The van der Waals surface area contributed by atoms with Gasteiger partial charge in [-0.15, -0.1) is 0 Å². The molecule has 9 heteroatoms. The molecule has 3 aromatic rings. The van der Waals surface area contributed by atoms with Crippen LogP contribution in [0.3, 0.4) is 0 Å². The van der Waals surface area contributed by atoms with E-state index >= 15 is 0 Å². The van der Waals surface area contributed by atoms with Crippen LogP contribution in [0.5, 0.6) is 17.2 Å². The molecule has 0 spiro atoms. The number of nitrogens with one attached hydrogen (secondary N) is 1. The Hall–Kier alpha value is -4.03. The van der Waals surface area contributed by atoms with Crippen molar-refractivity contribution in [1.82, 2.24) is 5.32 Å². The van der Waals surface area contributed by atoms with E-state index in [4.69, 9.17) is 14.2 Å². The average Bonchev–Trinajstić information content (AvgIpc) is 2.87. The van der Waals surface area contributed by atoms with Gasteiger partial charge in [-0.1, -0.05) is 24.3 Å². The first kappa shape index (κ1) is 25.6. The molecule has 2 N–H and O–H groups in total. The number of methoxy groups -OCH3 is 3. The smallest absolute Gasteiger partial charge is 0.326 e. The Kier molecular flexibility index (Phi) is 8.34. The number of hydrogen-bond donors (Lipinski definition) is 2. The van der Waals surface area contributed by atoms with Crippen LogP contribution in [0.4, 0.5) is 0 Å². The van der Waals surface area contributed by atoms with E-state index in [1.165, 1.54) is 27.4 Å². The van der Waals surface area contributed by atoms with E-state index < -0.39 is 17.9 Å². The maximum atomic E-state index is 12.8. The van der Waals surface area contributed by atoms with Crippen LogP contribution in [0.2, 0.25) is 0 Å². The number of benzene rings is 3. The van der Waals surface area contributed by atoms with Crippen LogP contribution in [0, 0.1) is 11.3 Å². The minimum Gasteiger partial charge on any atom is -0.497 e. The summed E-state index contributed by atoms with van der Waals surface area (Å²) >= 11 is 3.31. The van der Waals surface area contributed by atoms with Gasteiger partial charge in [-0.25, -0.2) is 4.79 Å². The SMILES string of the molecule is COc1ccc(Br)c(C(=O)N[C@@H](Cc2ccc(-c3c(OC)cc(C#N)cc3OC)cc2)C(=O)O)c1. The predicted molar refractivity (Wildman–Crippen MR) is 133 cm³/mol. The molecular formula is C26H23BrN2O6. The van der Waals surface area contributed by atoms with Gasteiger partial charge in [-0.05, 0) is 57.4 Å². The molecule has 3 aromatic carbocycles. The van der Waals surface area contributed by atoms with Gasteiger partial charge in [-0.3, -0.25) is 4.79 Å². The number of halogens is 1. The van der Waals surface area contributed by atoms with E-state index in [1.807, 2.05) is 0 Å². The topological polar surface area (TPSA) is 118 Å². The summed E-state index contributed by atoms with van der Waals surface area (Å²) in [4.78, 5) is 24.6. The molecule has 0 fully saturated rings. The van der Waals surface area contributed by atoms with Crippen molar-refractivity contribution in [3.8, 4) is 34.4 Å². The zero-order chi connectivity index (χ0) is 25.5. The first-order chi connectivity index (χ1) is 16.8. The highest BCUT2D eigenvalue weighted by Crippen LogP contribution is 2.39. The Morgan fingerprint density at radius 1 is 1.00 bits per heavy atom. The lowest BCUT2D eigenvalue weighted by Gasteiger charge is -2.17. The third kappa shape index (κ3) is 5.91. The van der Waals surface area contributed by atoms with Crippen LogP contribution in [-0.4, -0.2) is 44.4 Å². The van der Waals surface area contributed by atoms with E-state index in [2.05, 4.69) is 27.3 Å². The van der Waals surface area contributed by atoms with E-state index in [-0.39, 0.29) is 12.0 Å². The molecule has 8 nitrogen and oxygen atoms in total. The number of carbonyl (C=O) groups is 2. The van der Waals surface area contributed by atoms with Crippen LogP contribution in [-0.2, 0) is 11.2 Å². The molecule has 0 saturated heterocycles. The highest BCUT2D eigenvalue weighted by molar-refractivity contribution is 9.10. The number of aliphatic carboxylic acids is 1. The molecule has 0 aliphatic carbocycles. The van der Waals surface area contributed by atoms with Gasteiger partial charge in [-0.2, -0.15) is 5.26 Å². The van der Waals surface area contributed by atoms with Gasteiger partial charge in [0.25, 0.3) is 5.91 Å². The molecule has 0 saturated carbocycles. The number of nitriles is 1. The zero-order valence-corrected chi connectivity index (χ0v) is 20.9. The minimum atomic E-state index is -1.16. The lowest BCUT2D eigenvalue weighted by Crippen LogP contribution is -2.42. The van der Waals surface area contributed by atoms with Gasteiger partial charge in [0, 0.05) is 10.9 Å². The molecule has 3 rings (SSSR count). The molecule has 1 amide bonds. The third-order valence-corrected chi connectivity index (χ3v) is 6.03. The summed E-state index contributed by atoms with van der Waals surface area (Å²) in [5.41, 5.74) is 2.82. The first-order valence-corrected chi connectivity index (χ1v) is 11.2. The number of nitrogens with zero attached hydrogens (tertiary/aromatic N) is 1. The average molecular weight is 539 g/mol. The van der Waals surface area contributed by atoms with Crippen molar-refractivity contribution in [2.24, 2.45) is 0 Å². The monoisotopic (exact) mass is 538 g/mol. The van der Waals surface area contributed by atoms with Crippen LogP contribution in [0.1, 0.15) is 21.5 Å². The predicted octanol–water partition coefficient (Wildman–Crippen LogP) is 4.44. The van der Waals surface area contributed by atoms with Gasteiger partial charge in [0.15, 0.2) is 0 Å². The molecule has 1 atom stereocenters. The van der Waals surface area contributed by atoms with Crippen molar-refractivity contribution < 1.29 is 28.9 Å². The number of amides is 1. The summed E-state index contributed by atoms with van der Waals surface area (Å²) in [5.74, 6) is -0.250. The van der Waals surface area contributed by atoms with Crippen LogP contribution in [0.25, 0.3) is 11.1 Å². The Morgan fingerprint density at radius 2 is 1.63 bits per heavy atom. The number of rotatable bonds is 9. The quantitative estimate of drug-likeness (QED) is 0.413. The maximum absolute atomic E-state index is 12.8. The molecule has 0 bridgehead atoms. The molecule has 0 unspecified atom stereocenters. The maximum Gasteiger partial charge on any atom is 0.326 e.